The Morgan fingerprint density at radius 1 is 0.971 bits per heavy atom. The molecule has 1 fully saturated rings. The van der Waals surface area contributed by atoms with Crippen LogP contribution in [0.1, 0.15) is 35.4 Å². The number of hydrogen-bond acceptors (Lipinski definition) is 3. The lowest BCUT2D eigenvalue weighted by Crippen LogP contribution is -2.38. The van der Waals surface area contributed by atoms with Crippen LogP contribution in [0.15, 0.2) is 83.8 Å². The van der Waals surface area contributed by atoms with E-state index in [2.05, 4.69) is 17.0 Å². The number of ether oxygens (including phenoxy) is 1. The maximum Gasteiger partial charge on any atom is 0.573 e. The van der Waals surface area contributed by atoms with Gasteiger partial charge in [0, 0.05) is 41.9 Å². The summed E-state index contributed by atoms with van der Waals surface area (Å²) < 4.78 is 43.5. The van der Waals surface area contributed by atoms with Gasteiger partial charge in [0.2, 0.25) is 0 Å². The minimum absolute atomic E-state index is 0.162. The fourth-order valence-corrected chi connectivity index (χ4v) is 5.15. The topological polar surface area (TPSA) is 41.6 Å². The molecule has 0 aromatic heterocycles. The number of likely N-dealkylation sites (tertiary alicyclic amines) is 1. The molecule has 184 valence electrons. The molecule has 4 nitrogen and oxygen atoms in total. The van der Waals surface area contributed by atoms with Gasteiger partial charge in [0.1, 0.15) is 5.75 Å². The summed E-state index contributed by atoms with van der Waals surface area (Å²) in [5, 5.41) is 2.96. The number of para-hydroxylation sites is 1. The molecular weight excluding hydrogens is 473 g/mol. The number of halogens is 3. The van der Waals surface area contributed by atoms with Crippen LogP contribution in [-0.2, 0) is 6.54 Å². The Bertz CT molecular complexity index is 1120. The molecule has 1 aliphatic rings. The predicted octanol–water partition coefficient (Wildman–Crippen LogP) is 6.79. The Kier molecular flexibility index (Phi) is 7.90. The Morgan fingerprint density at radius 3 is 2.31 bits per heavy atom. The number of nitrogens with zero attached hydrogens (tertiary/aromatic N) is 1. The molecular formula is C27H27F3N2O2S. The van der Waals surface area contributed by atoms with Gasteiger partial charge in [-0.3, -0.25) is 0 Å². The van der Waals surface area contributed by atoms with Crippen LogP contribution in [-0.4, -0.2) is 36.1 Å². The SMILES string of the molecule is CCSc1ccc(CNC(=O)N2CC(c3ccccc3)C(c3ccccc3OC(F)(F)F)C2)cc1. The molecule has 2 amide bonds. The normalized spacial score (nSPS) is 17.9. The third kappa shape index (κ3) is 6.51. The first-order chi connectivity index (χ1) is 16.8. The van der Waals surface area contributed by atoms with Gasteiger partial charge in [0.05, 0.1) is 0 Å². The van der Waals surface area contributed by atoms with E-state index in [1.807, 2.05) is 54.6 Å². The average Bonchev–Trinajstić information content (AvgIpc) is 3.29. The number of urea groups is 1. The highest BCUT2D eigenvalue weighted by Crippen LogP contribution is 2.43. The molecule has 1 aliphatic heterocycles. The molecule has 0 radical (unpaired) electrons. The van der Waals surface area contributed by atoms with Crippen LogP contribution in [0, 0.1) is 0 Å². The van der Waals surface area contributed by atoms with Crippen molar-refractivity contribution in [1.29, 1.82) is 0 Å². The van der Waals surface area contributed by atoms with Gasteiger partial charge in [-0.15, -0.1) is 24.9 Å². The number of nitrogens with one attached hydrogen (secondary N) is 1. The molecule has 1 N–H and O–H groups in total. The second kappa shape index (κ2) is 11.1. The summed E-state index contributed by atoms with van der Waals surface area (Å²) in [4.78, 5) is 15.9. The van der Waals surface area contributed by atoms with Crippen molar-refractivity contribution in [3.63, 3.8) is 0 Å². The second-order valence-corrected chi connectivity index (χ2v) is 9.69. The molecule has 0 aliphatic carbocycles. The number of hydrogen-bond donors (Lipinski definition) is 1. The van der Waals surface area contributed by atoms with Crippen LogP contribution in [0.4, 0.5) is 18.0 Å². The summed E-state index contributed by atoms with van der Waals surface area (Å²) in [6.45, 7) is 3.15. The van der Waals surface area contributed by atoms with Crippen molar-refractivity contribution in [2.45, 2.75) is 36.6 Å². The molecule has 1 saturated heterocycles. The predicted molar refractivity (Wildman–Crippen MR) is 132 cm³/mol. The third-order valence-corrected chi connectivity index (χ3v) is 6.95. The Hall–Kier alpha value is -3.13. The van der Waals surface area contributed by atoms with Gasteiger partial charge in [-0.1, -0.05) is 67.6 Å². The average molecular weight is 501 g/mol. The molecule has 3 aromatic carbocycles. The van der Waals surface area contributed by atoms with E-state index >= 15 is 0 Å². The van der Waals surface area contributed by atoms with E-state index < -0.39 is 6.36 Å². The zero-order chi connectivity index (χ0) is 24.8. The molecule has 2 unspecified atom stereocenters. The maximum atomic E-state index is 13.1. The zero-order valence-electron chi connectivity index (χ0n) is 19.3. The molecule has 35 heavy (non-hydrogen) atoms. The Balaban J connectivity index is 1.52. The number of thioether (sulfide) groups is 1. The highest BCUT2D eigenvalue weighted by molar-refractivity contribution is 7.99. The van der Waals surface area contributed by atoms with E-state index in [1.165, 1.54) is 17.0 Å². The van der Waals surface area contributed by atoms with E-state index in [0.29, 0.717) is 18.7 Å². The molecule has 8 heteroatoms. The van der Waals surface area contributed by atoms with Gasteiger partial charge in [0.25, 0.3) is 0 Å². The lowest BCUT2D eigenvalue weighted by Gasteiger charge is -2.22. The van der Waals surface area contributed by atoms with E-state index in [4.69, 9.17) is 0 Å². The summed E-state index contributed by atoms with van der Waals surface area (Å²) in [6.07, 6.45) is -4.79. The number of amides is 2. The van der Waals surface area contributed by atoms with E-state index in [9.17, 15) is 18.0 Å². The number of carbonyl (C=O) groups is 1. The maximum absolute atomic E-state index is 13.1. The van der Waals surface area contributed by atoms with Gasteiger partial charge in [-0.05, 0) is 35.1 Å². The lowest BCUT2D eigenvalue weighted by atomic mass is 9.84. The number of carbonyl (C=O) groups excluding carboxylic acids is 1. The molecule has 0 saturated carbocycles. The van der Waals surface area contributed by atoms with Crippen LogP contribution < -0.4 is 10.1 Å². The highest BCUT2D eigenvalue weighted by atomic mass is 32.2. The summed E-state index contributed by atoms with van der Waals surface area (Å²) in [5.41, 5.74) is 2.40. The van der Waals surface area contributed by atoms with Crippen LogP contribution >= 0.6 is 11.8 Å². The Morgan fingerprint density at radius 2 is 1.63 bits per heavy atom. The molecule has 0 bridgehead atoms. The third-order valence-electron chi connectivity index (χ3n) is 6.06. The Labute approximate surface area is 207 Å². The van der Waals surface area contributed by atoms with Crippen molar-refractivity contribution in [3.8, 4) is 5.75 Å². The second-order valence-electron chi connectivity index (χ2n) is 8.35. The van der Waals surface area contributed by atoms with Gasteiger partial charge in [0.15, 0.2) is 0 Å². The monoisotopic (exact) mass is 500 g/mol. The molecule has 2 atom stereocenters. The van der Waals surface area contributed by atoms with Crippen LogP contribution in [0.2, 0.25) is 0 Å². The van der Waals surface area contributed by atoms with Crippen LogP contribution in [0.3, 0.4) is 0 Å². The fourth-order valence-electron chi connectivity index (χ4n) is 4.49. The summed E-state index contributed by atoms with van der Waals surface area (Å²) in [7, 11) is 0. The van der Waals surface area contributed by atoms with Crippen LogP contribution in [0.5, 0.6) is 5.75 Å². The summed E-state index contributed by atoms with van der Waals surface area (Å²) in [5.74, 6) is 0.266. The van der Waals surface area contributed by atoms with Crippen molar-refractivity contribution in [2.75, 3.05) is 18.8 Å². The van der Waals surface area contributed by atoms with Gasteiger partial charge in [-0.2, -0.15) is 0 Å². The smallest absolute Gasteiger partial charge is 0.405 e. The first-order valence-corrected chi connectivity index (χ1v) is 12.5. The standard InChI is InChI=1S/C27H27F3N2O2S/c1-2-35-21-14-12-19(13-15-21)16-31-26(33)32-17-23(20-8-4-3-5-9-20)24(18-32)22-10-6-7-11-25(22)34-27(28,29)30/h3-15,23-24H,2,16-18H2,1H3,(H,31,33). The van der Waals surface area contributed by atoms with Crippen molar-refractivity contribution in [1.82, 2.24) is 10.2 Å². The van der Waals surface area contributed by atoms with Gasteiger partial charge >= 0.3 is 12.4 Å². The lowest BCUT2D eigenvalue weighted by molar-refractivity contribution is -0.275. The van der Waals surface area contributed by atoms with E-state index in [-0.39, 0.29) is 30.2 Å². The largest absolute Gasteiger partial charge is 0.573 e. The minimum Gasteiger partial charge on any atom is -0.405 e. The van der Waals surface area contributed by atoms with Gasteiger partial charge < -0.3 is 15.0 Å². The van der Waals surface area contributed by atoms with E-state index in [0.717, 1.165) is 16.9 Å². The van der Waals surface area contributed by atoms with Gasteiger partial charge in [-0.25, -0.2) is 4.79 Å². The van der Waals surface area contributed by atoms with Crippen molar-refractivity contribution < 1.29 is 22.7 Å². The number of alkyl halides is 3. The van der Waals surface area contributed by atoms with E-state index in [1.54, 1.807) is 28.8 Å². The molecule has 3 aromatic rings. The number of benzene rings is 3. The summed E-state index contributed by atoms with van der Waals surface area (Å²) >= 11 is 1.75. The van der Waals surface area contributed by atoms with Crippen molar-refractivity contribution in [3.05, 3.63) is 95.6 Å². The first-order valence-electron chi connectivity index (χ1n) is 11.5. The molecule has 1 heterocycles. The van der Waals surface area contributed by atoms with Crippen molar-refractivity contribution >= 4 is 17.8 Å². The number of rotatable bonds is 7. The first kappa shape index (κ1) is 25.0. The highest BCUT2D eigenvalue weighted by Gasteiger charge is 2.40. The summed E-state index contributed by atoms with van der Waals surface area (Å²) in [6, 6.07) is 23.6. The van der Waals surface area contributed by atoms with Crippen molar-refractivity contribution in [2.24, 2.45) is 0 Å². The zero-order valence-corrected chi connectivity index (χ0v) is 20.1. The van der Waals surface area contributed by atoms with Crippen LogP contribution in [0.25, 0.3) is 0 Å². The fraction of sp³-hybridized carbons (Fsp3) is 0.296. The quantitative estimate of drug-likeness (QED) is 0.363. The molecule has 0 spiro atoms. The molecule has 4 rings (SSSR count). The minimum atomic E-state index is -4.79.